The average Bonchev–Trinajstić information content (AvgIpc) is 2.84. The van der Waals surface area contributed by atoms with E-state index in [0.29, 0.717) is 19.4 Å². The predicted molar refractivity (Wildman–Crippen MR) is 134 cm³/mol. The lowest BCUT2D eigenvalue weighted by Gasteiger charge is -2.30. The summed E-state index contributed by atoms with van der Waals surface area (Å²) in [6, 6.07) is 6.22. The highest BCUT2D eigenvalue weighted by molar-refractivity contribution is 5.93. The van der Waals surface area contributed by atoms with Gasteiger partial charge in [0.25, 0.3) is 6.47 Å². The van der Waals surface area contributed by atoms with Crippen molar-refractivity contribution in [1.29, 1.82) is 0 Å². The maximum Gasteiger partial charge on any atom is 0.290 e. The number of amides is 3. The van der Waals surface area contributed by atoms with E-state index in [0.717, 1.165) is 24.8 Å². The molecule has 0 heterocycles. The number of hydrogen-bond donors (Lipinski definition) is 6. The van der Waals surface area contributed by atoms with Gasteiger partial charge < -0.3 is 32.1 Å². The van der Waals surface area contributed by atoms with Crippen molar-refractivity contribution in [2.24, 2.45) is 11.7 Å². The second-order valence-electron chi connectivity index (χ2n) is 8.99. The number of nitrogens with two attached hydrogens (primary N) is 1. The van der Waals surface area contributed by atoms with E-state index in [1.807, 2.05) is 26.0 Å². The summed E-state index contributed by atoms with van der Waals surface area (Å²) in [4.78, 5) is 46.9. The fourth-order valence-electron chi connectivity index (χ4n) is 3.97. The summed E-state index contributed by atoms with van der Waals surface area (Å²) >= 11 is 0. The number of likely N-dealkylation sites (N-methyl/N-ethyl adjacent to an activating group) is 1. The second-order valence-corrected chi connectivity index (χ2v) is 8.99. The standard InChI is InChI=1S/C24H39N5O3.CH2O2/c1-15(2)21(29-22(30)16(3)26-4)24(32)28-20(13-8-14-25)23(31)27-19-12-7-10-17-9-5-6-11-18(17)19;2-1-3/h5-6,9,11,15-16,19-21,26H,7-8,10,12-14,25H2,1-4H3,(H,27,31)(H,28,32)(H,29,30);1H,(H,2,3)/t16-,19?,20-,21-;/m0./s1. The van der Waals surface area contributed by atoms with Crippen LogP contribution in [0.2, 0.25) is 0 Å². The summed E-state index contributed by atoms with van der Waals surface area (Å²) in [5.41, 5.74) is 8.07. The van der Waals surface area contributed by atoms with Crippen LogP contribution in [0.25, 0.3) is 0 Å². The van der Waals surface area contributed by atoms with Gasteiger partial charge in [-0.2, -0.15) is 0 Å². The molecule has 0 bridgehead atoms. The molecule has 1 aromatic rings. The van der Waals surface area contributed by atoms with Gasteiger partial charge in [0, 0.05) is 0 Å². The molecule has 7 N–H and O–H groups in total. The lowest BCUT2D eigenvalue weighted by molar-refractivity contribution is -0.133. The number of carboxylic acid groups (broad SMARTS) is 1. The molecular weight excluding hydrogens is 450 g/mol. The topological polar surface area (TPSA) is 163 Å². The largest absolute Gasteiger partial charge is 0.483 e. The summed E-state index contributed by atoms with van der Waals surface area (Å²) in [5, 5.41) is 18.5. The number of fused-ring (bicyclic) bond motifs is 1. The number of nitrogens with one attached hydrogen (secondary N) is 4. The molecule has 0 aromatic heterocycles. The minimum atomic E-state index is -0.734. The molecule has 1 aromatic carbocycles. The SMILES string of the molecule is CN[C@@H](C)C(=O)N[C@H](C(=O)N[C@@H](CCCN)C(=O)NC1CCCc2ccccc21)C(C)C.O=CO. The summed E-state index contributed by atoms with van der Waals surface area (Å²) in [5.74, 6) is -0.974. The summed E-state index contributed by atoms with van der Waals surface area (Å²) < 4.78 is 0. The minimum Gasteiger partial charge on any atom is -0.483 e. The fourth-order valence-corrected chi connectivity index (χ4v) is 3.97. The van der Waals surface area contributed by atoms with E-state index in [1.165, 1.54) is 5.56 Å². The van der Waals surface area contributed by atoms with Gasteiger partial charge in [-0.05, 0) is 69.7 Å². The molecule has 10 nitrogen and oxygen atoms in total. The first-order valence-corrected chi connectivity index (χ1v) is 12.1. The van der Waals surface area contributed by atoms with Crippen molar-refractivity contribution in [3.63, 3.8) is 0 Å². The van der Waals surface area contributed by atoms with Crippen LogP contribution in [0.1, 0.15) is 63.6 Å². The highest BCUT2D eigenvalue weighted by atomic mass is 16.3. The van der Waals surface area contributed by atoms with Crippen LogP contribution < -0.4 is 27.0 Å². The summed E-state index contributed by atoms with van der Waals surface area (Å²) in [7, 11) is 1.69. The zero-order valence-electron chi connectivity index (χ0n) is 21.2. The zero-order chi connectivity index (χ0) is 26.4. The summed E-state index contributed by atoms with van der Waals surface area (Å²) in [6.07, 6.45) is 3.93. The van der Waals surface area contributed by atoms with Crippen LogP contribution in [0.15, 0.2) is 24.3 Å². The molecule has 0 saturated heterocycles. The van der Waals surface area contributed by atoms with Crippen molar-refractivity contribution < 1.29 is 24.3 Å². The normalized spacial score (nSPS) is 17.0. The summed E-state index contributed by atoms with van der Waals surface area (Å²) in [6.45, 7) is 5.63. The number of hydrogen-bond acceptors (Lipinski definition) is 6. The molecule has 196 valence electrons. The lowest BCUT2D eigenvalue weighted by atomic mass is 9.87. The fraction of sp³-hybridized carbons (Fsp3) is 0.600. The van der Waals surface area contributed by atoms with Gasteiger partial charge in [0.2, 0.25) is 17.7 Å². The Morgan fingerprint density at radius 2 is 1.77 bits per heavy atom. The number of carbonyl (C=O) groups excluding carboxylic acids is 3. The third-order valence-corrected chi connectivity index (χ3v) is 6.09. The van der Waals surface area contributed by atoms with Crippen molar-refractivity contribution in [2.45, 2.75) is 77.0 Å². The third kappa shape index (κ3) is 9.65. The molecular formula is C25H41N5O5. The predicted octanol–water partition coefficient (Wildman–Crippen LogP) is 0.853. The molecule has 1 aliphatic rings. The van der Waals surface area contributed by atoms with Crippen molar-refractivity contribution >= 4 is 24.2 Å². The maximum atomic E-state index is 13.2. The van der Waals surface area contributed by atoms with E-state index in [2.05, 4.69) is 33.4 Å². The average molecular weight is 492 g/mol. The molecule has 0 aliphatic heterocycles. The first-order chi connectivity index (χ1) is 16.7. The monoisotopic (exact) mass is 491 g/mol. The smallest absolute Gasteiger partial charge is 0.290 e. The molecule has 0 saturated carbocycles. The number of benzene rings is 1. The van der Waals surface area contributed by atoms with Gasteiger partial charge in [0.1, 0.15) is 12.1 Å². The Balaban J connectivity index is 0.00000194. The first kappa shape index (κ1) is 30.1. The highest BCUT2D eigenvalue weighted by Crippen LogP contribution is 2.29. The minimum absolute atomic E-state index is 0.0678. The van der Waals surface area contributed by atoms with Crippen LogP contribution in [0.3, 0.4) is 0 Å². The molecule has 0 radical (unpaired) electrons. The van der Waals surface area contributed by atoms with E-state index in [9.17, 15) is 14.4 Å². The van der Waals surface area contributed by atoms with E-state index in [1.54, 1.807) is 14.0 Å². The van der Waals surface area contributed by atoms with Gasteiger partial charge in [-0.15, -0.1) is 0 Å². The molecule has 35 heavy (non-hydrogen) atoms. The maximum absolute atomic E-state index is 13.2. The Hall–Kier alpha value is -2.98. The van der Waals surface area contributed by atoms with Crippen LogP contribution in [-0.4, -0.2) is 61.0 Å². The molecule has 2 rings (SSSR count). The van der Waals surface area contributed by atoms with Crippen LogP contribution in [-0.2, 0) is 25.6 Å². The van der Waals surface area contributed by atoms with Gasteiger partial charge in [-0.25, -0.2) is 0 Å². The van der Waals surface area contributed by atoms with Crippen LogP contribution in [0.5, 0.6) is 0 Å². The molecule has 4 atom stereocenters. The number of carbonyl (C=O) groups is 4. The lowest BCUT2D eigenvalue weighted by Crippen LogP contribution is -2.57. The Morgan fingerprint density at radius 1 is 1.11 bits per heavy atom. The molecule has 10 heteroatoms. The zero-order valence-corrected chi connectivity index (χ0v) is 21.2. The van der Waals surface area contributed by atoms with Gasteiger partial charge in [-0.3, -0.25) is 19.2 Å². The van der Waals surface area contributed by atoms with E-state index in [4.69, 9.17) is 15.6 Å². The van der Waals surface area contributed by atoms with Crippen LogP contribution in [0, 0.1) is 5.92 Å². The molecule has 3 amide bonds. The van der Waals surface area contributed by atoms with Crippen molar-refractivity contribution in [3.05, 3.63) is 35.4 Å². The van der Waals surface area contributed by atoms with Crippen molar-refractivity contribution in [1.82, 2.24) is 21.3 Å². The molecule has 1 aliphatic carbocycles. The Labute approximate surface area is 207 Å². The molecule has 0 fully saturated rings. The molecule has 1 unspecified atom stereocenters. The van der Waals surface area contributed by atoms with Gasteiger partial charge in [-0.1, -0.05) is 38.1 Å². The Morgan fingerprint density at radius 3 is 2.37 bits per heavy atom. The third-order valence-electron chi connectivity index (χ3n) is 6.09. The van der Waals surface area contributed by atoms with Crippen molar-refractivity contribution in [3.8, 4) is 0 Å². The van der Waals surface area contributed by atoms with Crippen LogP contribution >= 0.6 is 0 Å². The Kier molecular flexibility index (Phi) is 13.6. The Bertz CT molecular complexity index is 832. The van der Waals surface area contributed by atoms with Crippen LogP contribution in [0.4, 0.5) is 0 Å². The van der Waals surface area contributed by atoms with Gasteiger partial charge in [0.15, 0.2) is 0 Å². The number of rotatable bonds is 11. The van der Waals surface area contributed by atoms with E-state index < -0.39 is 18.1 Å². The van der Waals surface area contributed by atoms with Crippen molar-refractivity contribution in [2.75, 3.05) is 13.6 Å². The quantitative estimate of drug-likeness (QED) is 0.250. The van der Waals surface area contributed by atoms with E-state index in [-0.39, 0.29) is 36.2 Å². The number of aryl methyl sites for hydroxylation is 1. The van der Waals surface area contributed by atoms with Gasteiger partial charge >= 0.3 is 0 Å². The highest BCUT2D eigenvalue weighted by Gasteiger charge is 2.31. The van der Waals surface area contributed by atoms with Gasteiger partial charge in [0.05, 0.1) is 12.1 Å². The first-order valence-electron chi connectivity index (χ1n) is 12.1. The second kappa shape index (κ2) is 15.8. The van der Waals surface area contributed by atoms with E-state index >= 15 is 0 Å². The molecule has 0 spiro atoms.